The molecule has 1 N–H and O–H groups in total. The summed E-state index contributed by atoms with van der Waals surface area (Å²) in [7, 11) is 1.78. The molecule has 2 aromatic heterocycles. The summed E-state index contributed by atoms with van der Waals surface area (Å²) in [4.78, 5) is 25.5. The average Bonchev–Trinajstić information content (AvgIpc) is 3.17. The Morgan fingerprint density at radius 2 is 1.85 bits per heavy atom. The summed E-state index contributed by atoms with van der Waals surface area (Å²) in [6.45, 7) is 1.78. The average molecular weight is 426 g/mol. The van der Waals surface area contributed by atoms with E-state index >= 15 is 0 Å². The quantitative estimate of drug-likeness (QED) is 0.533. The highest BCUT2D eigenvalue weighted by Gasteiger charge is 2.20. The number of halogens is 1. The summed E-state index contributed by atoms with van der Waals surface area (Å²) in [6, 6.07) is 16.4. The van der Waals surface area contributed by atoms with Crippen molar-refractivity contribution >= 4 is 38.5 Å². The first-order chi connectivity index (χ1) is 13.0. The molecule has 7 heteroatoms. The normalized spacial score (nSPS) is 11.1. The van der Waals surface area contributed by atoms with Crippen molar-refractivity contribution in [3.05, 3.63) is 80.9 Å². The van der Waals surface area contributed by atoms with E-state index in [0.29, 0.717) is 11.3 Å². The first kappa shape index (κ1) is 17.4. The Kier molecular flexibility index (Phi) is 4.24. The number of aromatic nitrogens is 2. The van der Waals surface area contributed by atoms with Crippen molar-refractivity contribution in [3.63, 3.8) is 0 Å². The van der Waals surface area contributed by atoms with Crippen LogP contribution in [0, 0.1) is 6.92 Å². The van der Waals surface area contributed by atoms with Crippen molar-refractivity contribution in [2.24, 2.45) is 7.05 Å². The maximum Gasteiger partial charge on any atom is 0.295 e. The summed E-state index contributed by atoms with van der Waals surface area (Å²) < 4.78 is 9.73. The Morgan fingerprint density at radius 3 is 2.59 bits per heavy atom. The van der Waals surface area contributed by atoms with Gasteiger partial charge in [-0.2, -0.15) is 0 Å². The van der Waals surface area contributed by atoms with E-state index in [4.69, 9.17) is 4.42 Å². The number of rotatable bonds is 3. The topological polar surface area (TPSA) is 69.2 Å². The van der Waals surface area contributed by atoms with Crippen LogP contribution in [-0.4, -0.2) is 15.3 Å². The highest BCUT2D eigenvalue weighted by Crippen LogP contribution is 2.24. The van der Waals surface area contributed by atoms with Crippen LogP contribution in [0.5, 0.6) is 0 Å². The number of nitrogens with zero attached hydrogens (tertiary/aromatic N) is 2. The van der Waals surface area contributed by atoms with Gasteiger partial charge in [0.2, 0.25) is 0 Å². The molecule has 4 rings (SSSR count). The molecule has 0 aliphatic heterocycles. The largest absolute Gasteiger partial charge is 0.451 e. The Balaban J connectivity index is 1.72. The van der Waals surface area contributed by atoms with Gasteiger partial charge in [0.25, 0.3) is 11.5 Å². The number of amides is 1. The Hall–Kier alpha value is -3.06. The van der Waals surface area contributed by atoms with E-state index in [0.717, 1.165) is 15.5 Å². The summed E-state index contributed by atoms with van der Waals surface area (Å²) in [5.41, 5.74) is 1.91. The van der Waals surface area contributed by atoms with Crippen molar-refractivity contribution in [3.8, 4) is 5.69 Å². The number of anilines is 1. The molecule has 27 heavy (non-hydrogen) atoms. The molecule has 0 unspecified atom stereocenters. The van der Waals surface area contributed by atoms with Gasteiger partial charge in [0.05, 0.1) is 11.4 Å². The lowest BCUT2D eigenvalue weighted by Gasteiger charge is -2.07. The SMILES string of the molecule is Cc1c(NC(=O)c2cc3cc(Br)ccc3o2)c(=O)n(-c2ccccc2)n1C. The predicted octanol–water partition coefficient (Wildman–Crippen LogP) is 4.25. The van der Waals surface area contributed by atoms with Crippen LogP contribution < -0.4 is 10.9 Å². The van der Waals surface area contributed by atoms with Crippen LogP contribution in [0.3, 0.4) is 0 Å². The highest BCUT2D eigenvalue weighted by atomic mass is 79.9. The fourth-order valence-corrected chi connectivity index (χ4v) is 3.39. The van der Waals surface area contributed by atoms with Crippen LogP contribution in [-0.2, 0) is 7.05 Å². The molecule has 0 radical (unpaired) electrons. The third-order valence-corrected chi connectivity index (χ3v) is 4.99. The predicted molar refractivity (Wildman–Crippen MR) is 108 cm³/mol. The number of hydrogen-bond acceptors (Lipinski definition) is 3. The maximum absolute atomic E-state index is 12.9. The maximum atomic E-state index is 12.9. The zero-order valence-electron chi connectivity index (χ0n) is 14.7. The van der Waals surface area contributed by atoms with Crippen molar-refractivity contribution < 1.29 is 9.21 Å². The van der Waals surface area contributed by atoms with Gasteiger partial charge in [-0.05, 0) is 43.3 Å². The molecule has 0 spiro atoms. The lowest BCUT2D eigenvalue weighted by molar-refractivity contribution is 0.0998. The second kappa shape index (κ2) is 6.59. The third kappa shape index (κ3) is 3.00. The van der Waals surface area contributed by atoms with Gasteiger partial charge in [-0.3, -0.25) is 14.3 Å². The zero-order valence-corrected chi connectivity index (χ0v) is 16.3. The highest BCUT2D eigenvalue weighted by molar-refractivity contribution is 9.10. The second-order valence-corrected chi connectivity index (χ2v) is 7.10. The lowest BCUT2D eigenvalue weighted by atomic mass is 10.2. The summed E-state index contributed by atoms with van der Waals surface area (Å²) in [5, 5.41) is 3.51. The molecular formula is C20H16BrN3O3. The van der Waals surface area contributed by atoms with E-state index in [1.54, 1.807) is 30.8 Å². The first-order valence-electron chi connectivity index (χ1n) is 8.30. The van der Waals surface area contributed by atoms with E-state index in [1.807, 2.05) is 42.5 Å². The molecule has 0 fully saturated rings. The zero-order chi connectivity index (χ0) is 19.1. The van der Waals surface area contributed by atoms with E-state index in [9.17, 15) is 9.59 Å². The molecule has 6 nitrogen and oxygen atoms in total. The first-order valence-corrected chi connectivity index (χ1v) is 9.09. The van der Waals surface area contributed by atoms with Crippen LogP contribution in [0.15, 0.2) is 68.3 Å². The van der Waals surface area contributed by atoms with Gasteiger partial charge in [-0.25, -0.2) is 4.68 Å². The number of furan rings is 1. The minimum atomic E-state index is -0.465. The Morgan fingerprint density at radius 1 is 1.11 bits per heavy atom. The third-order valence-electron chi connectivity index (χ3n) is 4.49. The number of fused-ring (bicyclic) bond motifs is 1. The molecule has 0 aliphatic carbocycles. The van der Waals surface area contributed by atoms with Gasteiger partial charge in [0.1, 0.15) is 11.3 Å². The van der Waals surface area contributed by atoms with E-state index in [2.05, 4.69) is 21.2 Å². The van der Waals surface area contributed by atoms with Crippen molar-refractivity contribution in [1.29, 1.82) is 0 Å². The number of benzene rings is 2. The van der Waals surface area contributed by atoms with E-state index in [-0.39, 0.29) is 17.0 Å². The van der Waals surface area contributed by atoms with Crippen LogP contribution in [0.2, 0.25) is 0 Å². The van der Waals surface area contributed by atoms with E-state index in [1.165, 1.54) is 4.68 Å². The molecule has 0 saturated heterocycles. The van der Waals surface area contributed by atoms with Gasteiger partial charge in [-0.1, -0.05) is 34.1 Å². The number of carbonyl (C=O) groups is 1. The fourth-order valence-electron chi connectivity index (χ4n) is 3.01. The van der Waals surface area contributed by atoms with Gasteiger partial charge in [0, 0.05) is 16.9 Å². The molecule has 136 valence electrons. The number of carbonyl (C=O) groups excluding carboxylic acids is 1. The van der Waals surface area contributed by atoms with Gasteiger partial charge >= 0.3 is 0 Å². The summed E-state index contributed by atoms with van der Waals surface area (Å²) in [6.07, 6.45) is 0. The van der Waals surface area contributed by atoms with Crippen molar-refractivity contribution in [2.45, 2.75) is 6.92 Å². The lowest BCUT2D eigenvalue weighted by Crippen LogP contribution is -2.22. The van der Waals surface area contributed by atoms with Crippen molar-refractivity contribution in [1.82, 2.24) is 9.36 Å². The van der Waals surface area contributed by atoms with Crippen LogP contribution >= 0.6 is 15.9 Å². The smallest absolute Gasteiger partial charge is 0.295 e. The van der Waals surface area contributed by atoms with Crippen LogP contribution in [0.4, 0.5) is 5.69 Å². The monoisotopic (exact) mass is 425 g/mol. The molecule has 1 amide bonds. The summed E-state index contributed by atoms with van der Waals surface area (Å²) >= 11 is 3.40. The second-order valence-electron chi connectivity index (χ2n) is 6.18. The Labute approximate surface area is 163 Å². The number of hydrogen-bond donors (Lipinski definition) is 1. The standard InChI is InChI=1S/C20H16BrN3O3/c1-12-18(20(26)24(23(12)2)15-6-4-3-5-7-15)22-19(25)17-11-13-10-14(21)8-9-16(13)27-17/h3-11H,1-2H3,(H,22,25). The number of para-hydroxylation sites is 1. The molecule has 0 bridgehead atoms. The van der Waals surface area contributed by atoms with Crippen molar-refractivity contribution in [2.75, 3.05) is 5.32 Å². The number of nitrogens with one attached hydrogen (secondary N) is 1. The molecular weight excluding hydrogens is 410 g/mol. The van der Waals surface area contributed by atoms with Crippen LogP contribution in [0.25, 0.3) is 16.7 Å². The molecule has 0 aliphatic rings. The minimum absolute atomic E-state index is 0.150. The van der Waals surface area contributed by atoms with Gasteiger partial charge in [-0.15, -0.1) is 0 Å². The summed E-state index contributed by atoms with van der Waals surface area (Å²) in [5.74, 6) is -0.314. The van der Waals surface area contributed by atoms with Gasteiger partial charge < -0.3 is 9.73 Å². The molecule has 2 aromatic carbocycles. The van der Waals surface area contributed by atoms with Gasteiger partial charge in [0.15, 0.2) is 5.76 Å². The molecule has 0 atom stereocenters. The fraction of sp³-hybridized carbons (Fsp3) is 0.100. The molecule has 2 heterocycles. The molecule has 4 aromatic rings. The molecule has 0 saturated carbocycles. The van der Waals surface area contributed by atoms with Crippen LogP contribution in [0.1, 0.15) is 16.2 Å². The minimum Gasteiger partial charge on any atom is -0.451 e. The Bertz CT molecular complexity index is 1220. The van der Waals surface area contributed by atoms with E-state index < -0.39 is 5.91 Å².